The van der Waals surface area contributed by atoms with Crippen molar-refractivity contribution >= 4 is 61.0 Å². The van der Waals surface area contributed by atoms with Crippen LogP contribution in [-0.4, -0.2) is 79.1 Å². The number of hydrogen-bond acceptors (Lipinski definition) is 9. The van der Waals surface area contributed by atoms with E-state index < -0.39 is 28.4 Å². The van der Waals surface area contributed by atoms with E-state index in [2.05, 4.69) is 69.2 Å². The first-order chi connectivity index (χ1) is 37.5. The minimum Gasteiger partial charge on any atom is -0.756 e. The van der Waals surface area contributed by atoms with Crippen LogP contribution < -0.4 is 9.79 Å². The van der Waals surface area contributed by atoms with Crippen LogP contribution in [0.25, 0.3) is 0 Å². The molecule has 79 heavy (non-hydrogen) atoms. The van der Waals surface area contributed by atoms with Gasteiger partial charge in [0.05, 0.1) is 31.6 Å². The minimum atomic E-state index is -4.22. The molecule has 0 spiro atoms. The van der Waals surface area contributed by atoms with Crippen molar-refractivity contribution in [3.63, 3.8) is 0 Å². The minimum absolute atomic E-state index is 0. The Hall–Kier alpha value is 1.63. The molecule has 3 unspecified atom stereocenters. The maximum atomic E-state index is 13.2. The monoisotopic (exact) mass is 1210 g/mol. The Balaban J connectivity index is -0.000000532. The molecule has 0 aromatic heterocycles. The van der Waals surface area contributed by atoms with Gasteiger partial charge >= 0.3 is 45.3 Å². The van der Waals surface area contributed by atoms with E-state index in [1.54, 1.807) is 0 Å². The van der Waals surface area contributed by atoms with Crippen LogP contribution in [0.3, 0.4) is 0 Å². The van der Waals surface area contributed by atoms with Gasteiger partial charge in [0.1, 0.15) is 0 Å². The van der Waals surface area contributed by atoms with Crippen LogP contribution in [0.2, 0.25) is 0 Å². The van der Waals surface area contributed by atoms with E-state index in [1.807, 2.05) is 0 Å². The molecular weight excluding hydrogens is 1080 g/mol. The maximum absolute atomic E-state index is 13.2. The molecule has 0 aliphatic rings. The van der Waals surface area contributed by atoms with Crippen molar-refractivity contribution in [3.8, 4) is 0 Å². The molecule has 15 heteroatoms. The fourth-order valence-electron chi connectivity index (χ4n) is 10.8. The number of rotatable bonds is 58. The van der Waals surface area contributed by atoms with Gasteiger partial charge in [-0.3, -0.25) is 13.7 Å². The Bertz CT molecular complexity index is 1230. The zero-order valence-corrected chi connectivity index (χ0v) is 59.1. The largest absolute Gasteiger partial charge is 2.00 e. The Kier molecular flexibility index (Phi) is 69.1. The van der Waals surface area contributed by atoms with Crippen molar-refractivity contribution in [1.82, 2.24) is 0 Å². The SMILES string of the molecule is CCCCC(CC)CC(CC(CC)CCCC)(C(CC)CCCC)P(=O)(O)O.CCCCCCCCCCOP(=O)([O-])OCCCCCCCCCC.CCCCCCCCCCOP(=O)([O-])OCCCCCCCCCC.[Ca+2]. The predicted molar refractivity (Wildman–Crippen MR) is 339 cm³/mol. The summed E-state index contributed by atoms with van der Waals surface area (Å²) in [5, 5.41) is -0.834. The molecule has 474 valence electrons. The van der Waals surface area contributed by atoms with Gasteiger partial charge < -0.3 is 37.7 Å². The molecule has 11 nitrogen and oxygen atoms in total. The van der Waals surface area contributed by atoms with Crippen molar-refractivity contribution in [2.45, 2.75) is 370 Å². The zero-order valence-electron chi connectivity index (χ0n) is 54.2. The molecule has 0 bridgehead atoms. The van der Waals surface area contributed by atoms with Crippen molar-refractivity contribution in [2.24, 2.45) is 17.8 Å². The number of phosphoric ester groups is 2. The van der Waals surface area contributed by atoms with Crippen LogP contribution in [0.5, 0.6) is 0 Å². The predicted octanol–water partition coefficient (Wildman–Crippen LogP) is 21.5. The van der Waals surface area contributed by atoms with Crippen LogP contribution in [-0.2, 0) is 31.8 Å². The second kappa shape index (κ2) is 62.7. The zero-order chi connectivity index (χ0) is 58.9. The molecule has 2 N–H and O–H groups in total. The molecule has 0 aliphatic heterocycles. The van der Waals surface area contributed by atoms with Crippen molar-refractivity contribution in [2.75, 3.05) is 26.4 Å². The van der Waals surface area contributed by atoms with Crippen LogP contribution in [0.1, 0.15) is 365 Å². The van der Waals surface area contributed by atoms with Crippen molar-refractivity contribution in [3.05, 3.63) is 0 Å². The van der Waals surface area contributed by atoms with Crippen molar-refractivity contribution < 1.29 is 51.4 Å². The summed E-state index contributed by atoms with van der Waals surface area (Å²) in [6.07, 6.45) is 52.0. The van der Waals surface area contributed by atoms with Gasteiger partial charge in [-0.15, -0.1) is 0 Å². The number of phosphoric acid groups is 2. The summed E-state index contributed by atoms with van der Waals surface area (Å²) in [6, 6.07) is 0. The summed E-state index contributed by atoms with van der Waals surface area (Å²) in [5.41, 5.74) is 0. The normalized spacial score (nSPS) is 13.9. The first-order valence-electron chi connectivity index (χ1n) is 33.8. The van der Waals surface area contributed by atoms with Gasteiger partial charge in [0.2, 0.25) is 0 Å². The third-order valence-electron chi connectivity index (χ3n) is 16.1. The molecule has 0 aliphatic carbocycles. The fourth-order valence-corrected chi connectivity index (χ4v) is 14.1. The Morgan fingerprint density at radius 2 is 0.544 bits per heavy atom. The quantitative estimate of drug-likeness (QED) is 0.0337. The Labute approximate surface area is 522 Å². The summed E-state index contributed by atoms with van der Waals surface area (Å²) >= 11 is 0. The topological polar surface area (TPSA) is 175 Å². The molecule has 0 aromatic rings. The van der Waals surface area contributed by atoms with Crippen LogP contribution in [0.4, 0.5) is 0 Å². The van der Waals surface area contributed by atoms with Gasteiger partial charge in [0.25, 0.3) is 15.6 Å². The van der Waals surface area contributed by atoms with E-state index in [4.69, 9.17) is 18.1 Å². The Morgan fingerprint density at radius 3 is 0.747 bits per heavy atom. The van der Waals surface area contributed by atoms with E-state index in [0.717, 1.165) is 154 Å². The van der Waals surface area contributed by atoms with Crippen LogP contribution in [0.15, 0.2) is 0 Å². The van der Waals surface area contributed by atoms with E-state index in [9.17, 15) is 33.3 Å². The van der Waals surface area contributed by atoms with E-state index in [1.165, 1.54) is 128 Å². The standard InChI is InChI=1S/C24H51O3P.2C20H43O4P.Ca/c1-7-13-16-21(10-4)19-24(28(25,26)27,23(12-6)18-15-9-3)20-22(11-5)17-14-8-2;2*1-3-5-7-9-11-13-15-17-19-23-25(21,22)24-20-18-16-14-12-10-8-6-4-2;/h21-23H,7-20H2,1-6H3,(H2,25,26,27);2*3-20H2,1-2H3,(H,21,22);/q;;;+2/p-2. The second-order valence-corrected chi connectivity index (χ2v) is 28.1. The van der Waals surface area contributed by atoms with Gasteiger partial charge in [-0.1, -0.05) is 320 Å². The van der Waals surface area contributed by atoms with Gasteiger partial charge in [0.15, 0.2) is 0 Å². The van der Waals surface area contributed by atoms with E-state index in [-0.39, 0.29) is 70.1 Å². The third-order valence-corrected chi connectivity index (χ3v) is 20.0. The van der Waals surface area contributed by atoms with E-state index >= 15 is 0 Å². The summed E-state index contributed by atoms with van der Waals surface area (Å²) < 4.78 is 56.1. The second-order valence-electron chi connectivity index (χ2n) is 23.3. The van der Waals surface area contributed by atoms with Gasteiger partial charge in [-0.2, -0.15) is 0 Å². The summed E-state index contributed by atoms with van der Waals surface area (Å²) in [6.45, 7) is 23.0. The van der Waals surface area contributed by atoms with Crippen LogP contribution >= 0.6 is 23.2 Å². The third kappa shape index (κ3) is 55.9. The molecule has 3 atom stereocenters. The number of unbranched alkanes of at least 4 members (excludes halogenated alkanes) is 31. The first kappa shape index (κ1) is 87.1. The smallest absolute Gasteiger partial charge is 0.756 e. The molecule has 0 amide bonds. The molecule has 0 rings (SSSR count). The molecular formula is C64H135CaO11P3. The molecule has 0 aromatic carbocycles. The molecule has 0 saturated heterocycles. The number of hydrogen-bond donors (Lipinski definition) is 2. The Morgan fingerprint density at radius 1 is 0.329 bits per heavy atom. The van der Waals surface area contributed by atoms with Gasteiger partial charge in [-0.05, 0) is 62.7 Å². The van der Waals surface area contributed by atoms with Crippen molar-refractivity contribution in [1.29, 1.82) is 0 Å². The maximum Gasteiger partial charge on any atom is 2.00 e. The van der Waals surface area contributed by atoms with Crippen LogP contribution in [0, 0.1) is 17.8 Å². The molecule has 0 radical (unpaired) electrons. The summed E-state index contributed by atoms with van der Waals surface area (Å²) in [5.74, 6) is 0.971. The summed E-state index contributed by atoms with van der Waals surface area (Å²) in [7, 11) is -12.4. The average molecular weight is 1210 g/mol. The fraction of sp³-hybridized carbons (Fsp3) is 1.00. The molecule has 0 fully saturated rings. The average Bonchev–Trinajstić information content (AvgIpc) is 3.41. The van der Waals surface area contributed by atoms with E-state index in [0.29, 0.717) is 24.7 Å². The molecule has 0 saturated carbocycles. The molecule has 0 heterocycles. The van der Waals surface area contributed by atoms with Gasteiger partial charge in [-0.25, -0.2) is 0 Å². The first-order valence-corrected chi connectivity index (χ1v) is 38.3. The van der Waals surface area contributed by atoms with Gasteiger partial charge in [0, 0.05) is 0 Å². The summed E-state index contributed by atoms with van der Waals surface area (Å²) in [4.78, 5) is 44.8.